The number of benzene rings is 1. The van der Waals surface area contributed by atoms with E-state index in [9.17, 15) is 14.4 Å². The van der Waals surface area contributed by atoms with Crippen LogP contribution in [-0.4, -0.2) is 29.0 Å². The Kier molecular flexibility index (Phi) is 3.41. The summed E-state index contributed by atoms with van der Waals surface area (Å²) in [6.45, 7) is 1.49. The topological polar surface area (TPSA) is 54.5 Å². The van der Waals surface area contributed by atoms with Gasteiger partial charge in [0.1, 0.15) is 5.78 Å². The zero-order chi connectivity index (χ0) is 13.4. The predicted octanol–water partition coefficient (Wildman–Crippen LogP) is 2.57. The lowest BCUT2D eigenvalue weighted by molar-refractivity contribution is -0.117. The fraction of sp³-hybridized carbons (Fsp3) is 0.250. The summed E-state index contributed by atoms with van der Waals surface area (Å²) < 4.78 is 0. The van der Waals surface area contributed by atoms with E-state index >= 15 is 0 Å². The first kappa shape index (κ1) is 13.1. The lowest BCUT2D eigenvalue weighted by Gasteiger charge is -2.11. The number of rotatable bonds is 3. The molecule has 2 rings (SSSR count). The van der Waals surface area contributed by atoms with Crippen LogP contribution in [0.3, 0.4) is 0 Å². The molecule has 18 heavy (non-hydrogen) atoms. The molecule has 1 aromatic rings. The van der Waals surface area contributed by atoms with Gasteiger partial charge in [-0.3, -0.25) is 19.3 Å². The smallest absolute Gasteiger partial charge is 0.261 e. The summed E-state index contributed by atoms with van der Waals surface area (Å²) >= 11 is 11.6. The van der Waals surface area contributed by atoms with Crippen molar-refractivity contribution in [3.8, 4) is 0 Å². The van der Waals surface area contributed by atoms with Crippen molar-refractivity contribution >= 4 is 40.8 Å². The molecule has 0 N–H and O–H groups in total. The number of nitrogens with zero attached hydrogens (tertiary/aromatic N) is 1. The van der Waals surface area contributed by atoms with Crippen molar-refractivity contribution in [2.45, 2.75) is 13.3 Å². The van der Waals surface area contributed by atoms with E-state index < -0.39 is 11.8 Å². The molecule has 94 valence electrons. The number of halogens is 2. The monoisotopic (exact) mass is 285 g/mol. The number of carbonyl (C=O) groups excluding carboxylic acids is 3. The van der Waals surface area contributed by atoms with Crippen molar-refractivity contribution < 1.29 is 14.4 Å². The first-order chi connectivity index (χ1) is 8.41. The molecular formula is C12H9Cl2NO3. The van der Waals surface area contributed by atoms with Gasteiger partial charge in [-0.2, -0.15) is 0 Å². The van der Waals surface area contributed by atoms with Crippen LogP contribution in [0.1, 0.15) is 34.1 Å². The summed E-state index contributed by atoms with van der Waals surface area (Å²) in [6.07, 6.45) is 0.146. The molecular weight excluding hydrogens is 277 g/mol. The molecule has 0 fully saturated rings. The number of fused-ring (bicyclic) bond motifs is 1. The summed E-state index contributed by atoms with van der Waals surface area (Å²) in [7, 11) is 0. The second kappa shape index (κ2) is 4.71. The van der Waals surface area contributed by atoms with Gasteiger partial charge >= 0.3 is 0 Å². The Morgan fingerprint density at radius 2 is 1.56 bits per heavy atom. The molecule has 1 heterocycles. The summed E-state index contributed by atoms with van der Waals surface area (Å²) in [6, 6.07) is 2.76. The third kappa shape index (κ3) is 2.13. The third-order valence-electron chi connectivity index (χ3n) is 2.70. The zero-order valence-electron chi connectivity index (χ0n) is 9.50. The van der Waals surface area contributed by atoms with E-state index in [0.29, 0.717) is 0 Å². The second-order valence-corrected chi connectivity index (χ2v) is 4.84. The SMILES string of the molecule is CC(=O)CCN1C(=O)c2cc(Cl)c(Cl)cc2C1=O. The molecule has 0 aliphatic carbocycles. The lowest BCUT2D eigenvalue weighted by Crippen LogP contribution is -2.31. The minimum absolute atomic E-state index is 0.0803. The first-order valence-electron chi connectivity index (χ1n) is 5.26. The molecule has 6 heteroatoms. The van der Waals surface area contributed by atoms with Crippen LogP contribution in [0.25, 0.3) is 0 Å². The highest BCUT2D eigenvalue weighted by Gasteiger charge is 2.36. The maximum absolute atomic E-state index is 12.0. The van der Waals surface area contributed by atoms with Gasteiger partial charge in [-0.15, -0.1) is 0 Å². The van der Waals surface area contributed by atoms with Gasteiger partial charge in [0.05, 0.1) is 21.2 Å². The molecule has 2 amide bonds. The van der Waals surface area contributed by atoms with E-state index in [4.69, 9.17) is 23.2 Å². The van der Waals surface area contributed by atoms with Gasteiger partial charge in [0.2, 0.25) is 0 Å². The zero-order valence-corrected chi connectivity index (χ0v) is 11.0. The minimum atomic E-state index is -0.435. The summed E-state index contributed by atoms with van der Waals surface area (Å²) in [5.41, 5.74) is 0.468. The van der Waals surface area contributed by atoms with Crippen LogP contribution in [0.4, 0.5) is 0 Å². The van der Waals surface area contributed by atoms with Crippen LogP contribution in [0.15, 0.2) is 12.1 Å². The van der Waals surface area contributed by atoms with Crippen molar-refractivity contribution in [2.75, 3.05) is 6.54 Å². The molecule has 4 nitrogen and oxygen atoms in total. The van der Waals surface area contributed by atoms with Gasteiger partial charge in [0, 0.05) is 13.0 Å². The molecule has 0 aromatic heterocycles. The van der Waals surface area contributed by atoms with Gasteiger partial charge in [-0.1, -0.05) is 23.2 Å². The number of carbonyl (C=O) groups is 3. The minimum Gasteiger partial charge on any atom is -0.300 e. The predicted molar refractivity (Wildman–Crippen MR) is 67.1 cm³/mol. The van der Waals surface area contributed by atoms with Crippen LogP contribution in [0, 0.1) is 0 Å². The molecule has 0 saturated heterocycles. The number of hydrogen-bond donors (Lipinski definition) is 0. The van der Waals surface area contributed by atoms with Gasteiger partial charge in [0.15, 0.2) is 0 Å². The third-order valence-corrected chi connectivity index (χ3v) is 3.42. The van der Waals surface area contributed by atoms with Gasteiger partial charge in [-0.25, -0.2) is 0 Å². The molecule has 0 bridgehead atoms. The van der Waals surface area contributed by atoms with Gasteiger partial charge < -0.3 is 0 Å². The normalized spacial score (nSPS) is 14.1. The molecule has 0 atom stereocenters. The van der Waals surface area contributed by atoms with Crippen molar-refractivity contribution in [1.82, 2.24) is 4.90 Å². The number of ketones is 1. The molecule has 0 radical (unpaired) electrons. The molecule has 0 unspecified atom stereocenters. The highest BCUT2D eigenvalue weighted by Crippen LogP contribution is 2.31. The lowest BCUT2D eigenvalue weighted by atomic mass is 10.1. The number of imide groups is 1. The maximum Gasteiger partial charge on any atom is 0.261 e. The largest absolute Gasteiger partial charge is 0.300 e. The Morgan fingerprint density at radius 3 is 1.94 bits per heavy atom. The van der Waals surface area contributed by atoms with E-state index in [1.165, 1.54) is 19.1 Å². The molecule has 0 saturated carbocycles. The Morgan fingerprint density at radius 1 is 1.11 bits per heavy atom. The van der Waals surface area contributed by atoms with Crippen LogP contribution < -0.4 is 0 Å². The Bertz CT molecular complexity index is 528. The van der Waals surface area contributed by atoms with Gasteiger partial charge in [0.25, 0.3) is 11.8 Å². The maximum atomic E-state index is 12.0. The molecule has 1 aliphatic heterocycles. The molecule has 0 spiro atoms. The standard InChI is InChI=1S/C12H9Cl2NO3/c1-6(16)2-3-15-11(17)7-4-9(13)10(14)5-8(7)12(15)18/h4-5H,2-3H2,1H3. The highest BCUT2D eigenvalue weighted by molar-refractivity contribution is 6.43. The van der Waals surface area contributed by atoms with Crippen LogP contribution in [0.2, 0.25) is 10.0 Å². The Labute approximate surface area is 113 Å². The molecule has 1 aromatic carbocycles. The average Bonchev–Trinajstić information content (AvgIpc) is 2.51. The number of Topliss-reactive ketones (excluding diaryl/α,β-unsaturated/α-hetero) is 1. The quantitative estimate of drug-likeness (QED) is 0.802. The number of amides is 2. The average molecular weight is 286 g/mol. The summed E-state index contributed by atoms with van der Waals surface area (Å²) in [5, 5.41) is 0.454. The van der Waals surface area contributed by atoms with Crippen molar-refractivity contribution in [3.05, 3.63) is 33.3 Å². The van der Waals surface area contributed by atoms with Crippen molar-refractivity contribution in [2.24, 2.45) is 0 Å². The van der Waals surface area contributed by atoms with E-state index in [1.807, 2.05) is 0 Å². The number of hydrogen-bond acceptors (Lipinski definition) is 3. The van der Waals surface area contributed by atoms with Crippen molar-refractivity contribution in [3.63, 3.8) is 0 Å². The van der Waals surface area contributed by atoms with E-state index in [0.717, 1.165) is 4.90 Å². The highest BCUT2D eigenvalue weighted by atomic mass is 35.5. The van der Waals surface area contributed by atoms with Crippen LogP contribution >= 0.6 is 23.2 Å². The van der Waals surface area contributed by atoms with Crippen molar-refractivity contribution in [1.29, 1.82) is 0 Å². The van der Waals surface area contributed by atoms with E-state index in [2.05, 4.69) is 0 Å². The van der Waals surface area contributed by atoms with E-state index in [-0.39, 0.29) is 39.9 Å². The van der Waals surface area contributed by atoms with Crippen LogP contribution in [0.5, 0.6) is 0 Å². The fourth-order valence-corrected chi connectivity index (χ4v) is 2.08. The van der Waals surface area contributed by atoms with E-state index in [1.54, 1.807) is 0 Å². The summed E-state index contributed by atoms with van der Waals surface area (Å²) in [5.74, 6) is -0.952. The van der Waals surface area contributed by atoms with Gasteiger partial charge in [-0.05, 0) is 19.1 Å². The van der Waals surface area contributed by atoms with Crippen LogP contribution in [-0.2, 0) is 4.79 Å². The second-order valence-electron chi connectivity index (χ2n) is 4.03. The Balaban J connectivity index is 2.35. The Hall–Kier alpha value is -1.39. The fourth-order valence-electron chi connectivity index (χ4n) is 1.76. The molecule has 1 aliphatic rings. The first-order valence-corrected chi connectivity index (χ1v) is 6.02. The summed E-state index contributed by atoms with van der Waals surface area (Å²) in [4.78, 5) is 35.9.